The van der Waals surface area contributed by atoms with Crippen LogP contribution in [0.25, 0.3) is 0 Å². The fraction of sp³-hybridized carbons (Fsp3) is 0.500. The second-order valence-corrected chi connectivity index (χ2v) is 7.83. The van der Waals surface area contributed by atoms with Crippen molar-refractivity contribution in [1.29, 1.82) is 0 Å². The first kappa shape index (κ1) is 14.4. The minimum absolute atomic E-state index is 0.359. The van der Waals surface area contributed by atoms with E-state index in [0.29, 0.717) is 16.3 Å². The van der Waals surface area contributed by atoms with Crippen molar-refractivity contribution < 1.29 is 0 Å². The molecule has 0 fully saturated rings. The van der Waals surface area contributed by atoms with Gasteiger partial charge in [0.15, 0.2) is 4.90 Å². The fourth-order valence-corrected chi connectivity index (χ4v) is 3.74. The van der Waals surface area contributed by atoms with Gasteiger partial charge in [-0.15, -0.1) is 0 Å². The van der Waals surface area contributed by atoms with Gasteiger partial charge >= 0.3 is 0 Å². The first-order chi connectivity index (χ1) is 8.03. The number of hydrogen-bond acceptors (Lipinski definition) is 0. The van der Waals surface area contributed by atoms with Gasteiger partial charge in [0.05, 0.1) is 0 Å². The Morgan fingerprint density at radius 2 is 1.82 bits per heavy atom. The van der Waals surface area contributed by atoms with E-state index in [1.54, 1.807) is 0 Å². The maximum absolute atomic E-state index is 3.89. The van der Waals surface area contributed by atoms with Crippen LogP contribution in [0.5, 0.6) is 0 Å². The zero-order valence-electron chi connectivity index (χ0n) is 11.4. The molecule has 1 aromatic carbocycles. The van der Waals surface area contributed by atoms with Crippen molar-refractivity contribution in [3.05, 3.63) is 43.0 Å². The third-order valence-electron chi connectivity index (χ3n) is 2.71. The Morgan fingerprint density at radius 1 is 1.18 bits per heavy atom. The van der Waals surface area contributed by atoms with Crippen LogP contribution < -0.4 is 0 Å². The highest BCUT2D eigenvalue weighted by Gasteiger charge is 2.20. The topological polar surface area (TPSA) is 0 Å². The van der Waals surface area contributed by atoms with Gasteiger partial charge in [-0.25, -0.2) is 0 Å². The van der Waals surface area contributed by atoms with Crippen molar-refractivity contribution in [3.63, 3.8) is 0 Å². The quantitative estimate of drug-likeness (QED) is 0.507. The summed E-state index contributed by atoms with van der Waals surface area (Å²) in [7, 11) is 0.359. The molecule has 1 atom stereocenters. The van der Waals surface area contributed by atoms with Gasteiger partial charge in [0.25, 0.3) is 0 Å². The van der Waals surface area contributed by atoms with E-state index in [0.717, 1.165) is 5.75 Å². The van der Waals surface area contributed by atoms with Crippen LogP contribution in [0.2, 0.25) is 0 Å². The standard InChI is InChI=1S/C16H25S/c1-5-13-17(14-9-12-16(2,3)4)15-10-7-6-8-11-15/h5-8,10-11H,1,9,12-14H2,2-4H3/q+1. The lowest BCUT2D eigenvalue weighted by molar-refractivity contribution is 0.374. The van der Waals surface area contributed by atoms with Crippen LogP contribution in [0.1, 0.15) is 33.6 Å². The molecule has 0 N–H and O–H groups in total. The van der Waals surface area contributed by atoms with E-state index in [9.17, 15) is 0 Å². The van der Waals surface area contributed by atoms with Crippen molar-refractivity contribution in [2.24, 2.45) is 5.41 Å². The predicted octanol–water partition coefficient (Wildman–Crippen LogP) is 4.68. The highest BCUT2D eigenvalue weighted by atomic mass is 32.2. The molecule has 0 bridgehead atoms. The zero-order chi connectivity index (χ0) is 12.7. The molecule has 0 radical (unpaired) electrons. The summed E-state index contributed by atoms with van der Waals surface area (Å²) in [6, 6.07) is 10.9. The maximum atomic E-state index is 3.89. The Kier molecular flexibility index (Phi) is 5.84. The van der Waals surface area contributed by atoms with Gasteiger partial charge in [0.1, 0.15) is 11.5 Å². The van der Waals surface area contributed by atoms with Crippen LogP contribution >= 0.6 is 0 Å². The molecule has 0 saturated carbocycles. The fourth-order valence-electron chi connectivity index (χ4n) is 1.83. The van der Waals surface area contributed by atoms with Crippen molar-refractivity contribution in [2.75, 3.05) is 11.5 Å². The molecule has 94 valence electrons. The lowest BCUT2D eigenvalue weighted by Gasteiger charge is -2.17. The number of rotatable bonds is 6. The summed E-state index contributed by atoms with van der Waals surface area (Å²) >= 11 is 0. The van der Waals surface area contributed by atoms with Crippen LogP contribution in [0, 0.1) is 5.41 Å². The second-order valence-electron chi connectivity index (χ2n) is 5.63. The average Bonchev–Trinajstić information content (AvgIpc) is 2.27. The lowest BCUT2D eigenvalue weighted by atomic mass is 9.91. The van der Waals surface area contributed by atoms with Gasteiger partial charge in [-0.2, -0.15) is 0 Å². The summed E-state index contributed by atoms with van der Waals surface area (Å²) in [5.41, 5.74) is 0.458. The molecule has 0 saturated heterocycles. The van der Waals surface area contributed by atoms with Gasteiger partial charge in [-0.1, -0.05) is 45.5 Å². The van der Waals surface area contributed by atoms with Gasteiger partial charge in [0, 0.05) is 10.9 Å². The predicted molar refractivity (Wildman–Crippen MR) is 80.7 cm³/mol. The van der Waals surface area contributed by atoms with Gasteiger partial charge < -0.3 is 0 Å². The molecule has 1 unspecified atom stereocenters. The van der Waals surface area contributed by atoms with E-state index in [1.165, 1.54) is 23.5 Å². The molecule has 1 rings (SSSR count). The SMILES string of the molecule is C=CC[S+](CCCC(C)(C)C)c1ccccc1. The van der Waals surface area contributed by atoms with Crippen molar-refractivity contribution in [2.45, 2.75) is 38.5 Å². The molecule has 17 heavy (non-hydrogen) atoms. The van der Waals surface area contributed by atoms with Crippen LogP contribution in [0.4, 0.5) is 0 Å². The van der Waals surface area contributed by atoms with E-state index in [4.69, 9.17) is 0 Å². The second kappa shape index (κ2) is 6.90. The van der Waals surface area contributed by atoms with Crippen molar-refractivity contribution in [3.8, 4) is 0 Å². The Bertz CT molecular complexity index is 321. The Labute approximate surface area is 109 Å². The van der Waals surface area contributed by atoms with Crippen LogP contribution in [0.15, 0.2) is 47.9 Å². The summed E-state index contributed by atoms with van der Waals surface area (Å²) in [5.74, 6) is 2.42. The molecule has 1 heteroatoms. The van der Waals surface area contributed by atoms with Crippen LogP contribution in [-0.2, 0) is 10.9 Å². The highest BCUT2D eigenvalue weighted by molar-refractivity contribution is 7.97. The van der Waals surface area contributed by atoms with Crippen LogP contribution in [0.3, 0.4) is 0 Å². The molecular formula is C16H25S+. The average molecular weight is 249 g/mol. The van der Waals surface area contributed by atoms with Crippen LogP contribution in [-0.4, -0.2) is 11.5 Å². The molecule has 0 nitrogen and oxygen atoms in total. The first-order valence-corrected chi connectivity index (χ1v) is 7.93. The van der Waals surface area contributed by atoms with Crippen molar-refractivity contribution in [1.82, 2.24) is 0 Å². The zero-order valence-corrected chi connectivity index (χ0v) is 12.2. The summed E-state index contributed by atoms with van der Waals surface area (Å²) in [5, 5.41) is 0. The highest BCUT2D eigenvalue weighted by Crippen LogP contribution is 2.23. The Balaban J connectivity index is 2.53. The number of hydrogen-bond donors (Lipinski definition) is 0. The minimum atomic E-state index is 0.359. The van der Waals surface area contributed by atoms with E-state index >= 15 is 0 Å². The van der Waals surface area contributed by atoms with E-state index < -0.39 is 0 Å². The third kappa shape index (κ3) is 5.97. The van der Waals surface area contributed by atoms with E-state index in [2.05, 4.69) is 63.8 Å². The minimum Gasteiger partial charge on any atom is -0.0984 e. The molecule has 0 aromatic heterocycles. The smallest absolute Gasteiger partial charge is 0.0984 e. The monoisotopic (exact) mass is 249 g/mol. The summed E-state index contributed by atoms with van der Waals surface area (Å²) in [4.78, 5) is 1.49. The third-order valence-corrected chi connectivity index (χ3v) is 5.07. The molecule has 0 amide bonds. The summed E-state index contributed by atoms with van der Waals surface area (Å²) < 4.78 is 0. The largest absolute Gasteiger partial charge is 0.155 e. The Hall–Kier alpha value is -0.690. The van der Waals surface area contributed by atoms with Gasteiger partial charge in [0.2, 0.25) is 0 Å². The molecule has 0 aliphatic heterocycles. The summed E-state index contributed by atoms with van der Waals surface area (Å²) in [6.45, 7) is 10.9. The number of benzene rings is 1. The molecule has 0 heterocycles. The van der Waals surface area contributed by atoms with Crippen molar-refractivity contribution >= 4 is 10.9 Å². The Morgan fingerprint density at radius 3 is 2.35 bits per heavy atom. The molecule has 0 aliphatic rings. The molecule has 0 spiro atoms. The van der Waals surface area contributed by atoms with E-state index in [1.807, 2.05) is 0 Å². The normalized spacial score (nSPS) is 13.4. The van der Waals surface area contributed by atoms with Gasteiger partial charge in [-0.05, 0) is 36.5 Å². The molecule has 1 aromatic rings. The lowest BCUT2D eigenvalue weighted by Crippen LogP contribution is -2.14. The molecular weight excluding hydrogens is 224 g/mol. The van der Waals surface area contributed by atoms with Gasteiger partial charge in [-0.3, -0.25) is 0 Å². The maximum Gasteiger partial charge on any atom is 0.155 e. The molecule has 0 aliphatic carbocycles. The first-order valence-electron chi connectivity index (χ1n) is 6.36. The van der Waals surface area contributed by atoms with E-state index in [-0.39, 0.29) is 0 Å². The summed E-state index contributed by atoms with van der Waals surface area (Å²) in [6.07, 6.45) is 4.68.